The summed E-state index contributed by atoms with van der Waals surface area (Å²) in [5.41, 5.74) is 0. The number of methoxy groups -OCH3 is 1. The highest BCUT2D eigenvalue weighted by molar-refractivity contribution is 5.89. The minimum absolute atomic E-state index is 0.0247. The number of nitrogens with one attached hydrogen (secondary N) is 1. The SMILES string of the molecule is CCC(=O)C(C)NC(=O)C(C)OC. The maximum absolute atomic E-state index is 11.2. The lowest BCUT2D eigenvalue weighted by molar-refractivity contribution is -0.133. The van der Waals surface area contributed by atoms with Gasteiger partial charge in [0.2, 0.25) is 5.91 Å². The van der Waals surface area contributed by atoms with E-state index >= 15 is 0 Å². The van der Waals surface area contributed by atoms with Gasteiger partial charge >= 0.3 is 0 Å². The van der Waals surface area contributed by atoms with Gasteiger partial charge in [-0.3, -0.25) is 9.59 Å². The van der Waals surface area contributed by atoms with E-state index in [1.165, 1.54) is 7.11 Å². The van der Waals surface area contributed by atoms with Crippen molar-refractivity contribution in [2.45, 2.75) is 39.3 Å². The number of rotatable bonds is 5. The van der Waals surface area contributed by atoms with Gasteiger partial charge in [-0.25, -0.2) is 0 Å². The van der Waals surface area contributed by atoms with Crippen molar-refractivity contribution in [1.82, 2.24) is 5.32 Å². The van der Waals surface area contributed by atoms with Crippen LogP contribution in [0.3, 0.4) is 0 Å². The van der Waals surface area contributed by atoms with E-state index in [1.807, 2.05) is 0 Å². The Morgan fingerprint density at radius 1 is 1.38 bits per heavy atom. The summed E-state index contributed by atoms with van der Waals surface area (Å²) in [6.45, 7) is 5.08. The van der Waals surface area contributed by atoms with E-state index in [0.717, 1.165) is 0 Å². The summed E-state index contributed by atoms with van der Waals surface area (Å²) >= 11 is 0. The second-order valence-electron chi connectivity index (χ2n) is 2.93. The Balaban J connectivity index is 3.98. The molecule has 2 atom stereocenters. The van der Waals surface area contributed by atoms with Crippen LogP contribution in [0.5, 0.6) is 0 Å². The van der Waals surface area contributed by atoms with Crippen LogP contribution in [-0.4, -0.2) is 30.9 Å². The van der Waals surface area contributed by atoms with E-state index in [9.17, 15) is 9.59 Å². The molecule has 76 valence electrons. The molecule has 0 bridgehead atoms. The lowest BCUT2D eigenvalue weighted by Gasteiger charge is -2.14. The Hall–Kier alpha value is -0.900. The molecule has 0 heterocycles. The average molecular weight is 187 g/mol. The van der Waals surface area contributed by atoms with Crippen LogP contribution in [0, 0.1) is 0 Å². The van der Waals surface area contributed by atoms with Gasteiger partial charge in [0.15, 0.2) is 5.78 Å². The van der Waals surface area contributed by atoms with Crippen molar-refractivity contribution in [3.05, 3.63) is 0 Å². The molecule has 1 N–H and O–H groups in total. The van der Waals surface area contributed by atoms with Crippen LogP contribution in [0.1, 0.15) is 27.2 Å². The minimum atomic E-state index is -0.507. The lowest BCUT2D eigenvalue weighted by atomic mass is 10.1. The Morgan fingerprint density at radius 3 is 2.31 bits per heavy atom. The Morgan fingerprint density at radius 2 is 1.92 bits per heavy atom. The molecular formula is C9H17NO3. The van der Waals surface area contributed by atoms with Crippen LogP contribution in [-0.2, 0) is 14.3 Å². The van der Waals surface area contributed by atoms with E-state index in [4.69, 9.17) is 4.74 Å². The van der Waals surface area contributed by atoms with Crippen LogP contribution >= 0.6 is 0 Å². The zero-order valence-corrected chi connectivity index (χ0v) is 8.59. The van der Waals surface area contributed by atoms with Crippen LogP contribution in [0.4, 0.5) is 0 Å². The van der Waals surface area contributed by atoms with E-state index < -0.39 is 12.1 Å². The van der Waals surface area contributed by atoms with E-state index in [0.29, 0.717) is 6.42 Å². The molecule has 0 aliphatic rings. The molecule has 0 saturated carbocycles. The number of hydrogen-bond donors (Lipinski definition) is 1. The second kappa shape index (κ2) is 5.70. The summed E-state index contributed by atoms with van der Waals surface area (Å²) in [5, 5.41) is 2.57. The van der Waals surface area contributed by atoms with Gasteiger partial charge in [-0.15, -0.1) is 0 Å². The lowest BCUT2D eigenvalue weighted by Crippen LogP contribution is -2.43. The average Bonchev–Trinajstić information content (AvgIpc) is 2.14. The standard InChI is InChI=1S/C9H17NO3/c1-5-8(11)6(2)10-9(12)7(3)13-4/h6-7H,5H2,1-4H3,(H,10,12). The molecule has 2 unspecified atom stereocenters. The molecule has 0 spiro atoms. The van der Waals surface area contributed by atoms with Crippen LogP contribution in [0.25, 0.3) is 0 Å². The third-order valence-corrected chi connectivity index (χ3v) is 1.91. The molecule has 4 heteroatoms. The molecule has 0 aliphatic carbocycles. The molecule has 13 heavy (non-hydrogen) atoms. The Labute approximate surface area is 78.6 Å². The summed E-state index contributed by atoms with van der Waals surface area (Å²) in [6.07, 6.45) is -0.0740. The van der Waals surface area contributed by atoms with Gasteiger partial charge in [0.1, 0.15) is 6.10 Å². The molecule has 0 aliphatic heterocycles. The fraction of sp³-hybridized carbons (Fsp3) is 0.778. The minimum Gasteiger partial charge on any atom is -0.372 e. The first kappa shape index (κ1) is 12.1. The number of carbonyl (C=O) groups excluding carboxylic acids is 2. The summed E-state index contributed by atoms with van der Waals surface area (Å²) in [6, 6.07) is -0.421. The topological polar surface area (TPSA) is 55.4 Å². The van der Waals surface area contributed by atoms with Crippen molar-refractivity contribution in [1.29, 1.82) is 0 Å². The molecule has 1 amide bonds. The fourth-order valence-electron chi connectivity index (χ4n) is 0.824. The van der Waals surface area contributed by atoms with E-state index in [2.05, 4.69) is 5.32 Å². The third kappa shape index (κ3) is 4.03. The highest BCUT2D eigenvalue weighted by Crippen LogP contribution is 1.93. The molecule has 0 aromatic carbocycles. The van der Waals surface area contributed by atoms with Gasteiger partial charge < -0.3 is 10.1 Å². The molecule has 0 fully saturated rings. The summed E-state index contributed by atoms with van der Waals surface area (Å²) in [7, 11) is 1.45. The van der Waals surface area contributed by atoms with Gasteiger partial charge in [0.05, 0.1) is 6.04 Å². The van der Waals surface area contributed by atoms with Gasteiger partial charge in [-0.2, -0.15) is 0 Å². The van der Waals surface area contributed by atoms with Crippen LogP contribution < -0.4 is 5.32 Å². The van der Waals surface area contributed by atoms with Crippen LogP contribution in [0.15, 0.2) is 0 Å². The number of amides is 1. The van der Waals surface area contributed by atoms with Crippen molar-refractivity contribution in [3.8, 4) is 0 Å². The van der Waals surface area contributed by atoms with Crippen molar-refractivity contribution in [2.24, 2.45) is 0 Å². The molecule has 0 saturated heterocycles. The summed E-state index contributed by atoms with van der Waals surface area (Å²) in [4.78, 5) is 22.3. The Kier molecular flexibility index (Phi) is 5.30. The third-order valence-electron chi connectivity index (χ3n) is 1.91. The van der Waals surface area contributed by atoms with Gasteiger partial charge in [0.25, 0.3) is 0 Å². The largest absolute Gasteiger partial charge is 0.372 e. The zero-order chi connectivity index (χ0) is 10.4. The van der Waals surface area contributed by atoms with Gasteiger partial charge in [-0.1, -0.05) is 6.92 Å². The van der Waals surface area contributed by atoms with Crippen LogP contribution in [0.2, 0.25) is 0 Å². The molecule has 0 aromatic rings. The fourth-order valence-corrected chi connectivity index (χ4v) is 0.824. The molecule has 4 nitrogen and oxygen atoms in total. The van der Waals surface area contributed by atoms with Crippen molar-refractivity contribution >= 4 is 11.7 Å². The highest BCUT2D eigenvalue weighted by atomic mass is 16.5. The zero-order valence-electron chi connectivity index (χ0n) is 8.59. The summed E-state index contributed by atoms with van der Waals surface area (Å²) in [5.74, 6) is -0.228. The van der Waals surface area contributed by atoms with Crippen molar-refractivity contribution in [2.75, 3.05) is 7.11 Å². The maximum Gasteiger partial charge on any atom is 0.249 e. The summed E-state index contributed by atoms with van der Waals surface area (Å²) < 4.78 is 4.80. The number of ketones is 1. The monoisotopic (exact) mass is 187 g/mol. The first-order valence-corrected chi connectivity index (χ1v) is 4.38. The molecule has 0 aromatic heterocycles. The first-order chi connectivity index (χ1) is 6.02. The Bertz CT molecular complexity index is 191. The molecular weight excluding hydrogens is 170 g/mol. The predicted octanol–water partition coefficient (Wildman–Crippen LogP) is 0.505. The maximum atomic E-state index is 11.2. The first-order valence-electron chi connectivity index (χ1n) is 4.38. The number of carbonyl (C=O) groups is 2. The molecule has 0 rings (SSSR count). The normalized spacial score (nSPS) is 14.8. The number of Topliss-reactive ketones (excluding diaryl/α,β-unsaturated/α-hetero) is 1. The smallest absolute Gasteiger partial charge is 0.249 e. The van der Waals surface area contributed by atoms with Crippen molar-refractivity contribution in [3.63, 3.8) is 0 Å². The molecule has 0 radical (unpaired) electrons. The van der Waals surface area contributed by atoms with Gasteiger partial charge in [0, 0.05) is 13.5 Å². The van der Waals surface area contributed by atoms with Crippen molar-refractivity contribution < 1.29 is 14.3 Å². The van der Waals surface area contributed by atoms with E-state index in [-0.39, 0.29) is 11.7 Å². The van der Waals surface area contributed by atoms with E-state index in [1.54, 1.807) is 20.8 Å². The van der Waals surface area contributed by atoms with Gasteiger partial charge in [-0.05, 0) is 13.8 Å². The number of ether oxygens (including phenoxy) is 1. The second-order valence-corrected chi connectivity index (χ2v) is 2.93. The quantitative estimate of drug-likeness (QED) is 0.682. The number of hydrogen-bond acceptors (Lipinski definition) is 3. The highest BCUT2D eigenvalue weighted by Gasteiger charge is 2.17. The predicted molar refractivity (Wildman–Crippen MR) is 49.4 cm³/mol.